The Morgan fingerprint density at radius 1 is 1.33 bits per heavy atom. The largest absolute Gasteiger partial charge is 0.306 e. The minimum atomic E-state index is -4.48. The second kappa shape index (κ2) is 5.38. The molecular formula is C12H19FN2O2S. The number of nitrogens with zero attached hydrogens (tertiary/aromatic N) is 2. The fraction of sp³-hybridized carbons (Fsp3) is 0.750. The first-order valence-corrected chi connectivity index (χ1v) is 7.98. The van der Waals surface area contributed by atoms with Crippen molar-refractivity contribution in [2.24, 2.45) is 0 Å². The van der Waals surface area contributed by atoms with E-state index in [0.717, 1.165) is 12.8 Å². The third-order valence-corrected chi connectivity index (χ3v) is 4.20. The Hall–Kier alpha value is -0.910. The van der Waals surface area contributed by atoms with Crippen molar-refractivity contribution < 1.29 is 12.3 Å². The highest BCUT2D eigenvalue weighted by atomic mass is 32.3. The van der Waals surface area contributed by atoms with Crippen LogP contribution in [0.2, 0.25) is 0 Å². The Morgan fingerprint density at radius 3 is 2.50 bits per heavy atom. The summed E-state index contributed by atoms with van der Waals surface area (Å²) in [6.45, 7) is 1.73. The van der Waals surface area contributed by atoms with Gasteiger partial charge in [0.05, 0.1) is 11.7 Å². The van der Waals surface area contributed by atoms with E-state index in [1.807, 2.05) is 4.68 Å². The van der Waals surface area contributed by atoms with Gasteiger partial charge in [0.2, 0.25) is 0 Å². The van der Waals surface area contributed by atoms with Gasteiger partial charge >= 0.3 is 10.2 Å². The standard InChI is InChI=1S/C12H19FN2O2S/c1-10-11(9-18(13,16)17)8-15(14-10)12-6-4-2-3-5-7-12/h8,12H,2-7,9H2,1H3. The van der Waals surface area contributed by atoms with Gasteiger partial charge in [-0.2, -0.15) is 13.5 Å². The average Bonchev–Trinajstić information content (AvgIpc) is 2.53. The Labute approximate surface area is 107 Å². The van der Waals surface area contributed by atoms with Gasteiger partial charge in [0, 0.05) is 11.8 Å². The van der Waals surface area contributed by atoms with Crippen LogP contribution in [0.25, 0.3) is 0 Å². The molecule has 0 aliphatic heterocycles. The number of aromatic nitrogens is 2. The molecule has 0 saturated heterocycles. The zero-order valence-corrected chi connectivity index (χ0v) is 11.4. The van der Waals surface area contributed by atoms with Gasteiger partial charge in [0.25, 0.3) is 0 Å². The smallest absolute Gasteiger partial charge is 0.269 e. The molecule has 6 heteroatoms. The highest BCUT2D eigenvalue weighted by molar-refractivity contribution is 7.85. The van der Waals surface area contributed by atoms with E-state index in [9.17, 15) is 12.3 Å². The molecule has 102 valence electrons. The van der Waals surface area contributed by atoms with Crippen LogP contribution in [-0.4, -0.2) is 18.2 Å². The van der Waals surface area contributed by atoms with Crippen molar-refractivity contribution in [3.63, 3.8) is 0 Å². The van der Waals surface area contributed by atoms with E-state index in [-0.39, 0.29) is 0 Å². The van der Waals surface area contributed by atoms with E-state index >= 15 is 0 Å². The predicted octanol–water partition coefficient (Wildman–Crippen LogP) is 2.89. The monoisotopic (exact) mass is 274 g/mol. The molecule has 18 heavy (non-hydrogen) atoms. The minimum absolute atomic E-state index is 0.335. The number of hydrogen-bond acceptors (Lipinski definition) is 3. The quantitative estimate of drug-likeness (QED) is 0.629. The van der Waals surface area contributed by atoms with Gasteiger partial charge < -0.3 is 0 Å². The first-order chi connectivity index (χ1) is 8.46. The molecule has 1 heterocycles. The molecule has 2 rings (SSSR count). The third kappa shape index (κ3) is 3.54. The van der Waals surface area contributed by atoms with E-state index in [0.29, 0.717) is 17.3 Å². The molecule has 4 nitrogen and oxygen atoms in total. The predicted molar refractivity (Wildman–Crippen MR) is 67.4 cm³/mol. The first kappa shape index (κ1) is 13.5. The van der Waals surface area contributed by atoms with Crippen molar-refractivity contribution in [3.8, 4) is 0 Å². The highest BCUT2D eigenvalue weighted by Gasteiger charge is 2.19. The van der Waals surface area contributed by atoms with Gasteiger partial charge in [-0.25, -0.2) is 0 Å². The zero-order chi connectivity index (χ0) is 13.2. The summed E-state index contributed by atoms with van der Waals surface area (Å²) >= 11 is 0. The van der Waals surface area contributed by atoms with Gasteiger partial charge in [-0.3, -0.25) is 4.68 Å². The maximum atomic E-state index is 12.7. The van der Waals surface area contributed by atoms with Crippen LogP contribution in [0.5, 0.6) is 0 Å². The lowest BCUT2D eigenvalue weighted by molar-refractivity contribution is 0.404. The number of rotatable bonds is 3. The van der Waals surface area contributed by atoms with E-state index in [2.05, 4.69) is 5.10 Å². The molecule has 1 aliphatic carbocycles. The molecule has 0 unspecified atom stereocenters. The summed E-state index contributed by atoms with van der Waals surface area (Å²) < 4.78 is 35.9. The second-order valence-electron chi connectivity index (χ2n) is 5.05. The van der Waals surface area contributed by atoms with Crippen molar-refractivity contribution in [1.82, 2.24) is 9.78 Å². The summed E-state index contributed by atoms with van der Waals surface area (Å²) in [5.41, 5.74) is 1.09. The molecule has 1 aliphatic rings. The van der Waals surface area contributed by atoms with Crippen molar-refractivity contribution >= 4 is 10.2 Å². The van der Waals surface area contributed by atoms with Crippen molar-refractivity contribution in [3.05, 3.63) is 17.5 Å². The number of hydrogen-bond donors (Lipinski definition) is 0. The Kier molecular flexibility index (Phi) is 4.04. The van der Waals surface area contributed by atoms with Gasteiger partial charge in [-0.15, -0.1) is 3.89 Å². The van der Waals surface area contributed by atoms with Crippen LogP contribution in [0.1, 0.15) is 55.8 Å². The Bertz CT molecular complexity index is 502. The summed E-state index contributed by atoms with van der Waals surface area (Å²) in [6, 6.07) is 0.335. The summed E-state index contributed by atoms with van der Waals surface area (Å²) in [5.74, 6) is -0.564. The molecule has 1 saturated carbocycles. The van der Waals surface area contributed by atoms with Gasteiger partial charge in [0.1, 0.15) is 5.75 Å². The normalized spacial score (nSPS) is 18.8. The van der Waals surface area contributed by atoms with Crippen LogP contribution < -0.4 is 0 Å². The highest BCUT2D eigenvalue weighted by Crippen LogP contribution is 2.27. The maximum Gasteiger partial charge on any atom is 0.306 e. The zero-order valence-electron chi connectivity index (χ0n) is 10.6. The van der Waals surface area contributed by atoms with E-state index in [4.69, 9.17) is 0 Å². The summed E-state index contributed by atoms with van der Waals surface area (Å²) in [5, 5.41) is 4.35. The molecule has 1 aromatic rings. The summed E-state index contributed by atoms with van der Waals surface area (Å²) in [6.07, 6.45) is 8.71. The van der Waals surface area contributed by atoms with Crippen molar-refractivity contribution in [2.75, 3.05) is 0 Å². The molecule has 0 atom stereocenters. The lowest BCUT2D eigenvalue weighted by Gasteiger charge is -2.14. The molecule has 1 fully saturated rings. The molecule has 0 N–H and O–H groups in total. The van der Waals surface area contributed by atoms with Crippen LogP contribution in [0, 0.1) is 6.92 Å². The van der Waals surface area contributed by atoms with Crippen LogP contribution in [0.15, 0.2) is 6.20 Å². The summed E-state index contributed by atoms with van der Waals surface area (Å²) in [7, 11) is -4.48. The minimum Gasteiger partial charge on any atom is -0.269 e. The fourth-order valence-electron chi connectivity index (χ4n) is 2.56. The van der Waals surface area contributed by atoms with Crippen molar-refractivity contribution in [2.45, 2.75) is 57.2 Å². The number of halogens is 1. The first-order valence-electron chi connectivity index (χ1n) is 6.43. The molecule has 0 amide bonds. The SMILES string of the molecule is Cc1nn(C2CCCCCC2)cc1CS(=O)(=O)F. The summed E-state index contributed by atoms with van der Waals surface area (Å²) in [4.78, 5) is 0. The molecule has 0 radical (unpaired) electrons. The van der Waals surface area contributed by atoms with Gasteiger partial charge in [0.15, 0.2) is 0 Å². The lowest BCUT2D eigenvalue weighted by atomic mass is 10.1. The maximum absolute atomic E-state index is 12.7. The van der Waals surface area contributed by atoms with E-state index in [1.165, 1.54) is 25.7 Å². The van der Waals surface area contributed by atoms with Crippen LogP contribution in [-0.2, 0) is 16.0 Å². The van der Waals surface area contributed by atoms with Crippen LogP contribution >= 0.6 is 0 Å². The van der Waals surface area contributed by atoms with Gasteiger partial charge in [-0.1, -0.05) is 25.7 Å². The second-order valence-corrected chi connectivity index (χ2v) is 6.41. The van der Waals surface area contributed by atoms with Crippen LogP contribution in [0.3, 0.4) is 0 Å². The molecular weight excluding hydrogens is 255 g/mol. The average molecular weight is 274 g/mol. The van der Waals surface area contributed by atoms with E-state index in [1.54, 1.807) is 13.1 Å². The fourth-order valence-corrected chi connectivity index (χ4v) is 3.21. The molecule has 0 spiro atoms. The number of aryl methyl sites for hydroxylation is 1. The topological polar surface area (TPSA) is 52.0 Å². The molecule has 0 aromatic carbocycles. The van der Waals surface area contributed by atoms with Crippen LogP contribution in [0.4, 0.5) is 3.89 Å². The lowest BCUT2D eigenvalue weighted by Crippen LogP contribution is -2.08. The third-order valence-electron chi connectivity index (χ3n) is 3.55. The Balaban J connectivity index is 2.17. The molecule has 0 bridgehead atoms. The Morgan fingerprint density at radius 2 is 1.94 bits per heavy atom. The van der Waals surface area contributed by atoms with E-state index < -0.39 is 16.0 Å². The molecule has 1 aromatic heterocycles. The van der Waals surface area contributed by atoms with Gasteiger partial charge in [-0.05, 0) is 19.8 Å². The van der Waals surface area contributed by atoms with Crippen molar-refractivity contribution in [1.29, 1.82) is 0 Å².